The van der Waals surface area contributed by atoms with Crippen LogP contribution in [0.25, 0.3) is 0 Å². The van der Waals surface area contributed by atoms with Crippen LogP contribution in [0.1, 0.15) is 23.2 Å². The van der Waals surface area contributed by atoms with Gasteiger partial charge in [-0.3, -0.25) is 9.78 Å². The van der Waals surface area contributed by atoms with E-state index in [1.54, 1.807) is 23.2 Å². The molecule has 1 fully saturated rings. The monoisotopic (exact) mass is 236 g/mol. The Morgan fingerprint density at radius 1 is 1.69 bits per heavy atom. The summed E-state index contributed by atoms with van der Waals surface area (Å²) in [5.74, 6) is -0.0551. The quantitative estimate of drug-likeness (QED) is 0.753. The number of hydrogen-bond donors (Lipinski definition) is 0. The Hall–Kier alpha value is -1.35. The molecule has 1 aliphatic rings. The minimum absolute atomic E-state index is 0.0551. The highest BCUT2D eigenvalue weighted by Gasteiger charge is 2.32. The fourth-order valence-corrected chi connectivity index (χ4v) is 1.80. The van der Waals surface area contributed by atoms with Crippen molar-refractivity contribution in [1.29, 1.82) is 0 Å². The zero-order chi connectivity index (χ0) is 11.5. The molecule has 0 spiro atoms. The molecule has 1 aromatic heterocycles. The molecule has 0 atom stereocenters. The number of carbonyl (C=O) groups is 1. The van der Waals surface area contributed by atoms with Gasteiger partial charge < -0.3 is 4.90 Å². The van der Waals surface area contributed by atoms with E-state index in [2.05, 4.69) is 11.6 Å². The highest BCUT2D eigenvalue weighted by Crippen LogP contribution is 2.29. The molecule has 0 radical (unpaired) electrons. The summed E-state index contributed by atoms with van der Waals surface area (Å²) in [5, 5.41) is 0.453. The van der Waals surface area contributed by atoms with Gasteiger partial charge in [-0.05, 0) is 18.9 Å². The van der Waals surface area contributed by atoms with Crippen LogP contribution < -0.4 is 0 Å². The van der Waals surface area contributed by atoms with Crippen molar-refractivity contribution in [3.8, 4) is 0 Å². The average Bonchev–Trinajstić information content (AvgIpc) is 3.09. The maximum atomic E-state index is 12.2. The zero-order valence-electron chi connectivity index (χ0n) is 8.90. The van der Waals surface area contributed by atoms with Crippen LogP contribution >= 0.6 is 11.6 Å². The number of halogens is 1. The Balaban J connectivity index is 2.22. The second kappa shape index (κ2) is 4.66. The number of nitrogens with zero attached hydrogens (tertiary/aromatic N) is 2. The van der Waals surface area contributed by atoms with Crippen molar-refractivity contribution in [3.05, 3.63) is 41.7 Å². The van der Waals surface area contributed by atoms with Crippen molar-refractivity contribution >= 4 is 17.5 Å². The first-order chi connectivity index (χ1) is 7.74. The summed E-state index contributed by atoms with van der Waals surface area (Å²) in [7, 11) is 0. The molecule has 1 amide bonds. The molecule has 0 bridgehead atoms. The number of carbonyl (C=O) groups excluding carboxylic acids is 1. The number of hydrogen-bond acceptors (Lipinski definition) is 2. The lowest BCUT2D eigenvalue weighted by atomic mass is 10.2. The molecule has 0 N–H and O–H groups in total. The molecule has 1 heterocycles. The lowest BCUT2D eigenvalue weighted by Gasteiger charge is -2.20. The molecule has 1 aliphatic carbocycles. The van der Waals surface area contributed by atoms with Gasteiger partial charge in [0.05, 0.1) is 10.6 Å². The highest BCUT2D eigenvalue weighted by atomic mass is 35.5. The second-order valence-corrected chi connectivity index (χ2v) is 4.24. The van der Waals surface area contributed by atoms with Gasteiger partial charge in [0.15, 0.2) is 0 Å². The predicted octanol–water partition coefficient (Wildman–Crippen LogP) is 2.53. The first-order valence-corrected chi connectivity index (χ1v) is 5.63. The lowest BCUT2D eigenvalue weighted by Crippen LogP contribution is -2.33. The molecule has 3 nitrogen and oxygen atoms in total. The highest BCUT2D eigenvalue weighted by molar-refractivity contribution is 6.33. The van der Waals surface area contributed by atoms with E-state index in [9.17, 15) is 4.79 Å². The van der Waals surface area contributed by atoms with E-state index in [4.69, 9.17) is 11.6 Å². The van der Waals surface area contributed by atoms with Crippen LogP contribution in [0.5, 0.6) is 0 Å². The van der Waals surface area contributed by atoms with E-state index < -0.39 is 0 Å². The molecule has 1 saturated carbocycles. The molecule has 0 saturated heterocycles. The molecule has 16 heavy (non-hydrogen) atoms. The van der Waals surface area contributed by atoms with Gasteiger partial charge in [0.1, 0.15) is 0 Å². The van der Waals surface area contributed by atoms with Crippen molar-refractivity contribution in [2.75, 3.05) is 6.54 Å². The van der Waals surface area contributed by atoms with Gasteiger partial charge in [-0.25, -0.2) is 0 Å². The third-order valence-corrected chi connectivity index (χ3v) is 2.90. The maximum Gasteiger partial charge on any atom is 0.257 e. The predicted molar refractivity (Wildman–Crippen MR) is 63.5 cm³/mol. The lowest BCUT2D eigenvalue weighted by molar-refractivity contribution is 0.0762. The molecule has 0 aromatic carbocycles. The fourth-order valence-electron chi connectivity index (χ4n) is 1.61. The summed E-state index contributed by atoms with van der Waals surface area (Å²) in [6.45, 7) is 4.23. The number of rotatable bonds is 4. The van der Waals surface area contributed by atoms with Gasteiger partial charge in [-0.1, -0.05) is 17.7 Å². The second-order valence-electron chi connectivity index (χ2n) is 3.83. The molecule has 2 rings (SSSR count). The van der Waals surface area contributed by atoms with E-state index in [0.717, 1.165) is 12.8 Å². The standard InChI is InChI=1S/C12H13ClN2O/c1-2-7-15(9-3-4-9)12(16)10-8-14-6-5-11(10)13/h2,5-6,8-9H,1,3-4,7H2. The van der Waals surface area contributed by atoms with Crippen molar-refractivity contribution in [3.63, 3.8) is 0 Å². The SMILES string of the molecule is C=CCN(C(=O)c1cnccc1Cl)C1CC1. The number of amides is 1. The van der Waals surface area contributed by atoms with Crippen LogP contribution in [0.2, 0.25) is 5.02 Å². The molecular weight excluding hydrogens is 224 g/mol. The number of aromatic nitrogens is 1. The summed E-state index contributed by atoms with van der Waals surface area (Å²) in [5.41, 5.74) is 0.470. The van der Waals surface area contributed by atoms with Crippen molar-refractivity contribution in [2.24, 2.45) is 0 Å². The largest absolute Gasteiger partial charge is 0.332 e. The van der Waals surface area contributed by atoms with Crippen LogP contribution in [0, 0.1) is 0 Å². The minimum atomic E-state index is -0.0551. The zero-order valence-corrected chi connectivity index (χ0v) is 9.65. The van der Waals surface area contributed by atoms with Crippen LogP contribution in [-0.2, 0) is 0 Å². The Bertz CT molecular complexity index is 415. The van der Waals surface area contributed by atoms with E-state index in [0.29, 0.717) is 23.2 Å². The Labute approximate surface area is 99.7 Å². The average molecular weight is 237 g/mol. The molecule has 0 aliphatic heterocycles. The van der Waals surface area contributed by atoms with E-state index in [1.165, 1.54) is 6.20 Å². The van der Waals surface area contributed by atoms with Crippen LogP contribution in [0.3, 0.4) is 0 Å². The summed E-state index contributed by atoms with van der Waals surface area (Å²) in [6, 6.07) is 1.98. The van der Waals surface area contributed by atoms with Crippen LogP contribution in [0.15, 0.2) is 31.1 Å². The van der Waals surface area contributed by atoms with Crippen molar-refractivity contribution < 1.29 is 4.79 Å². The number of pyridine rings is 1. The molecule has 1 aromatic rings. The summed E-state index contributed by atoms with van der Waals surface area (Å²) >= 11 is 5.98. The van der Waals surface area contributed by atoms with Crippen molar-refractivity contribution in [2.45, 2.75) is 18.9 Å². The van der Waals surface area contributed by atoms with E-state index in [-0.39, 0.29) is 5.91 Å². The molecular formula is C12H13ClN2O. The van der Waals surface area contributed by atoms with Gasteiger partial charge in [0, 0.05) is 25.0 Å². The van der Waals surface area contributed by atoms with E-state index in [1.807, 2.05) is 0 Å². The van der Waals surface area contributed by atoms with Crippen LogP contribution in [-0.4, -0.2) is 28.4 Å². The first-order valence-electron chi connectivity index (χ1n) is 5.25. The van der Waals surface area contributed by atoms with Gasteiger partial charge in [0.2, 0.25) is 0 Å². The first kappa shape index (κ1) is 11.1. The van der Waals surface area contributed by atoms with Crippen molar-refractivity contribution in [1.82, 2.24) is 9.88 Å². The minimum Gasteiger partial charge on any atom is -0.332 e. The summed E-state index contributed by atoms with van der Waals surface area (Å²) in [6.07, 6.45) is 6.96. The van der Waals surface area contributed by atoms with E-state index >= 15 is 0 Å². The smallest absolute Gasteiger partial charge is 0.257 e. The van der Waals surface area contributed by atoms with Crippen LogP contribution in [0.4, 0.5) is 0 Å². The normalized spacial score (nSPS) is 14.6. The molecule has 4 heteroatoms. The summed E-state index contributed by atoms with van der Waals surface area (Å²) < 4.78 is 0. The molecule has 0 unspecified atom stereocenters. The van der Waals surface area contributed by atoms with Gasteiger partial charge in [-0.2, -0.15) is 0 Å². The fraction of sp³-hybridized carbons (Fsp3) is 0.333. The Morgan fingerprint density at radius 3 is 3.00 bits per heavy atom. The maximum absolute atomic E-state index is 12.2. The summed E-state index contributed by atoms with van der Waals surface area (Å²) in [4.78, 5) is 17.9. The van der Waals surface area contributed by atoms with Gasteiger partial charge >= 0.3 is 0 Å². The third-order valence-electron chi connectivity index (χ3n) is 2.57. The topological polar surface area (TPSA) is 33.2 Å². The molecule has 84 valence electrons. The van der Waals surface area contributed by atoms with Gasteiger partial charge in [0.25, 0.3) is 5.91 Å². The van der Waals surface area contributed by atoms with Gasteiger partial charge in [-0.15, -0.1) is 6.58 Å². The third kappa shape index (κ3) is 2.25. The Morgan fingerprint density at radius 2 is 2.44 bits per heavy atom. The Kier molecular flexibility index (Phi) is 3.25.